The van der Waals surface area contributed by atoms with Crippen molar-refractivity contribution in [1.82, 2.24) is 23.6 Å². The summed E-state index contributed by atoms with van der Waals surface area (Å²) in [6.45, 7) is 2.96. The Balaban J connectivity index is 1.21. The number of benzene rings is 4. The van der Waals surface area contributed by atoms with E-state index in [9.17, 15) is 8.42 Å². The zero-order chi connectivity index (χ0) is 27.7. The van der Waals surface area contributed by atoms with Crippen molar-refractivity contribution in [1.29, 1.82) is 0 Å². The summed E-state index contributed by atoms with van der Waals surface area (Å²) in [6.07, 6.45) is 0. The molecule has 0 spiro atoms. The van der Waals surface area contributed by atoms with Crippen LogP contribution in [0.1, 0.15) is 5.56 Å². The van der Waals surface area contributed by atoms with Crippen molar-refractivity contribution >= 4 is 44.6 Å². The zero-order valence-electron chi connectivity index (χ0n) is 21.7. The average molecular weight is 590 g/mol. The molecule has 5 aromatic rings. The van der Waals surface area contributed by atoms with E-state index < -0.39 is 10.0 Å². The van der Waals surface area contributed by atoms with E-state index in [1.165, 1.54) is 0 Å². The van der Waals surface area contributed by atoms with E-state index in [1.807, 2.05) is 82.0 Å². The Morgan fingerprint density at radius 2 is 1.48 bits per heavy atom. The summed E-state index contributed by atoms with van der Waals surface area (Å²) in [5.74, 6) is 0.706. The molecule has 204 valence electrons. The van der Waals surface area contributed by atoms with Gasteiger partial charge in [0.05, 0.1) is 23.1 Å². The van der Waals surface area contributed by atoms with Gasteiger partial charge >= 0.3 is 0 Å². The highest BCUT2D eigenvalue weighted by Gasteiger charge is 2.29. The monoisotopic (exact) mass is 589 g/mol. The third-order valence-electron chi connectivity index (χ3n) is 7.25. The quantitative estimate of drug-likeness (QED) is 0.221. The van der Waals surface area contributed by atoms with Crippen molar-refractivity contribution in [2.75, 3.05) is 26.2 Å². The highest BCUT2D eigenvalue weighted by Crippen LogP contribution is 2.28. The lowest BCUT2D eigenvalue weighted by atomic mass is 10.1. The van der Waals surface area contributed by atoms with Crippen LogP contribution < -0.4 is 0 Å². The molecule has 0 saturated carbocycles. The molecule has 6 rings (SSSR count). The minimum Gasteiger partial charge on any atom is -0.295 e. The summed E-state index contributed by atoms with van der Waals surface area (Å²) < 4.78 is 32.8. The van der Waals surface area contributed by atoms with Gasteiger partial charge in [-0.1, -0.05) is 84.4 Å². The summed E-state index contributed by atoms with van der Waals surface area (Å²) in [6, 6.07) is 30.8. The standard InChI is InChI=1S/C30H28ClN5O2S2/c31-28-13-7-6-12-27(28)29-32-36(30(39)35(29)21-23-8-2-1-3-9-23)22-33-16-18-34(19-17-33)40(37,38)26-15-14-24-10-4-5-11-25(24)20-26/h1-15,20H,16-19,21-22H2. The number of sulfonamides is 1. The third kappa shape index (κ3) is 5.35. The second-order valence-corrected chi connectivity index (χ2v) is 12.5. The summed E-state index contributed by atoms with van der Waals surface area (Å²) in [4.78, 5) is 2.50. The molecule has 0 radical (unpaired) electrons. The Kier molecular flexibility index (Phi) is 7.57. The lowest BCUT2D eigenvalue weighted by Crippen LogP contribution is -2.48. The number of hydrogen-bond donors (Lipinski definition) is 0. The minimum absolute atomic E-state index is 0.325. The molecule has 0 N–H and O–H groups in total. The van der Waals surface area contributed by atoms with Crippen molar-refractivity contribution in [3.8, 4) is 11.4 Å². The molecule has 0 aliphatic carbocycles. The van der Waals surface area contributed by atoms with Gasteiger partial charge in [-0.15, -0.1) is 0 Å². The number of halogens is 1. The summed E-state index contributed by atoms with van der Waals surface area (Å²) in [5, 5.41) is 7.43. The fraction of sp³-hybridized carbons (Fsp3) is 0.200. The summed E-state index contributed by atoms with van der Waals surface area (Å²) in [7, 11) is -3.59. The number of piperazine rings is 1. The van der Waals surface area contributed by atoms with Crippen LogP contribution in [0.5, 0.6) is 0 Å². The van der Waals surface area contributed by atoms with Crippen molar-refractivity contribution < 1.29 is 8.42 Å². The SMILES string of the molecule is O=S(=O)(c1ccc2ccccc2c1)N1CCN(Cn2nc(-c3ccccc3Cl)n(Cc3ccccc3)c2=S)CC1. The van der Waals surface area contributed by atoms with Gasteiger partial charge in [-0.25, -0.2) is 13.1 Å². The maximum Gasteiger partial charge on any atom is 0.243 e. The molecular formula is C30H28ClN5O2S2. The van der Waals surface area contributed by atoms with Gasteiger partial charge < -0.3 is 0 Å². The van der Waals surface area contributed by atoms with Crippen LogP contribution in [0.4, 0.5) is 0 Å². The summed E-state index contributed by atoms with van der Waals surface area (Å²) in [5.41, 5.74) is 1.93. The lowest BCUT2D eigenvalue weighted by molar-refractivity contribution is 0.144. The maximum atomic E-state index is 13.4. The van der Waals surface area contributed by atoms with Crippen LogP contribution in [0, 0.1) is 4.77 Å². The van der Waals surface area contributed by atoms with Crippen molar-refractivity contribution in [3.63, 3.8) is 0 Å². The highest BCUT2D eigenvalue weighted by molar-refractivity contribution is 7.89. The average Bonchev–Trinajstić information content (AvgIpc) is 3.27. The van der Waals surface area contributed by atoms with E-state index in [-0.39, 0.29) is 0 Å². The van der Waals surface area contributed by atoms with E-state index in [1.54, 1.807) is 16.4 Å². The van der Waals surface area contributed by atoms with Gasteiger partial charge in [-0.05, 0) is 52.8 Å². The van der Waals surface area contributed by atoms with Crippen LogP contribution in [-0.2, 0) is 23.2 Å². The van der Waals surface area contributed by atoms with Crippen LogP contribution in [0.2, 0.25) is 5.02 Å². The van der Waals surface area contributed by atoms with Crippen molar-refractivity contribution in [2.45, 2.75) is 18.1 Å². The lowest BCUT2D eigenvalue weighted by Gasteiger charge is -2.33. The van der Waals surface area contributed by atoms with Gasteiger partial charge in [0.15, 0.2) is 10.6 Å². The molecule has 0 atom stereocenters. The number of aromatic nitrogens is 3. The molecule has 1 fully saturated rings. The van der Waals surface area contributed by atoms with Gasteiger partial charge in [0.25, 0.3) is 0 Å². The first kappa shape index (κ1) is 26.9. The van der Waals surface area contributed by atoms with Gasteiger partial charge in [0.1, 0.15) is 0 Å². The van der Waals surface area contributed by atoms with E-state index >= 15 is 0 Å². The Bertz CT molecular complexity index is 1830. The first-order valence-electron chi connectivity index (χ1n) is 13.1. The fourth-order valence-electron chi connectivity index (χ4n) is 5.06. The van der Waals surface area contributed by atoms with Crippen LogP contribution in [0.25, 0.3) is 22.2 Å². The van der Waals surface area contributed by atoms with E-state index in [0.29, 0.717) is 59.9 Å². The van der Waals surface area contributed by atoms with Crippen LogP contribution >= 0.6 is 23.8 Å². The van der Waals surface area contributed by atoms with Crippen LogP contribution in [0.3, 0.4) is 0 Å². The second-order valence-electron chi connectivity index (χ2n) is 9.83. The number of rotatable bonds is 7. The molecule has 1 saturated heterocycles. The molecule has 0 bridgehead atoms. The predicted molar refractivity (Wildman–Crippen MR) is 161 cm³/mol. The smallest absolute Gasteiger partial charge is 0.243 e. The molecule has 4 aromatic carbocycles. The number of hydrogen-bond acceptors (Lipinski definition) is 5. The molecule has 1 aromatic heterocycles. The second kappa shape index (κ2) is 11.3. The number of nitrogens with zero attached hydrogens (tertiary/aromatic N) is 5. The third-order valence-corrected chi connectivity index (χ3v) is 9.90. The molecule has 0 unspecified atom stereocenters. The molecule has 1 aliphatic rings. The van der Waals surface area contributed by atoms with Crippen molar-refractivity contribution in [3.05, 3.63) is 112 Å². The van der Waals surface area contributed by atoms with E-state index in [2.05, 4.69) is 17.0 Å². The normalized spacial score (nSPS) is 15.0. The van der Waals surface area contributed by atoms with Gasteiger partial charge in [-0.3, -0.25) is 9.47 Å². The van der Waals surface area contributed by atoms with Crippen molar-refractivity contribution in [2.24, 2.45) is 0 Å². The summed E-state index contributed by atoms with van der Waals surface area (Å²) >= 11 is 12.5. The Morgan fingerprint density at radius 1 is 0.800 bits per heavy atom. The van der Waals surface area contributed by atoms with Gasteiger partial charge in [0.2, 0.25) is 10.0 Å². The molecular weight excluding hydrogens is 562 g/mol. The highest BCUT2D eigenvalue weighted by atomic mass is 35.5. The molecule has 10 heteroatoms. The molecule has 1 aliphatic heterocycles. The van der Waals surface area contributed by atoms with Crippen LogP contribution in [-0.4, -0.2) is 58.1 Å². The topological polar surface area (TPSA) is 63.4 Å². The van der Waals surface area contributed by atoms with Gasteiger partial charge in [0, 0.05) is 31.7 Å². The first-order chi connectivity index (χ1) is 19.4. The maximum absolute atomic E-state index is 13.4. The fourth-order valence-corrected chi connectivity index (χ4v) is 6.99. The first-order valence-corrected chi connectivity index (χ1v) is 15.3. The predicted octanol–water partition coefficient (Wildman–Crippen LogP) is 5.90. The van der Waals surface area contributed by atoms with Crippen LogP contribution in [0.15, 0.2) is 102 Å². The van der Waals surface area contributed by atoms with Gasteiger partial charge in [-0.2, -0.15) is 9.40 Å². The molecule has 40 heavy (non-hydrogen) atoms. The Labute approximate surface area is 243 Å². The Morgan fingerprint density at radius 3 is 2.23 bits per heavy atom. The van der Waals surface area contributed by atoms with E-state index in [4.69, 9.17) is 28.9 Å². The largest absolute Gasteiger partial charge is 0.295 e. The molecule has 2 heterocycles. The Hall–Kier alpha value is -3.34. The molecule has 7 nitrogen and oxygen atoms in total. The minimum atomic E-state index is -3.59. The number of fused-ring (bicyclic) bond motifs is 1. The zero-order valence-corrected chi connectivity index (χ0v) is 24.1. The van der Waals surface area contributed by atoms with E-state index in [0.717, 1.165) is 21.9 Å². The molecule has 0 amide bonds.